The summed E-state index contributed by atoms with van der Waals surface area (Å²) in [5, 5.41) is 13.2. The Labute approximate surface area is 136 Å². The highest BCUT2D eigenvalue weighted by molar-refractivity contribution is 9.10. The highest BCUT2D eigenvalue weighted by Gasteiger charge is 2.23. The standard InChI is InChI=1S/C14H17BrClNO4/c1-3-12(18)17-11(7-13(19)21-4-2)9-5-8(16)6-10(15)14(9)20/h5-6,11,20H,3-4,7H2,1-2H3,(H,17,18). The number of carbonyl (C=O) groups is 2. The summed E-state index contributed by atoms with van der Waals surface area (Å²) in [6.07, 6.45) is 0.182. The van der Waals surface area contributed by atoms with Crippen molar-refractivity contribution < 1.29 is 19.4 Å². The number of aromatic hydroxyl groups is 1. The van der Waals surface area contributed by atoms with Gasteiger partial charge < -0.3 is 15.2 Å². The number of nitrogens with one attached hydrogen (secondary N) is 1. The number of halogens is 2. The summed E-state index contributed by atoms with van der Waals surface area (Å²) in [5.41, 5.74) is 0.365. The van der Waals surface area contributed by atoms with E-state index in [0.29, 0.717) is 15.1 Å². The second-order valence-electron chi connectivity index (χ2n) is 4.31. The van der Waals surface area contributed by atoms with Crippen LogP contribution in [0.3, 0.4) is 0 Å². The molecular weight excluding hydrogens is 362 g/mol. The Bertz CT molecular complexity index is 536. The molecule has 7 heteroatoms. The van der Waals surface area contributed by atoms with Crippen LogP contribution in [-0.4, -0.2) is 23.6 Å². The van der Waals surface area contributed by atoms with Gasteiger partial charge in [-0.15, -0.1) is 0 Å². The molecule has 0 radical (unpaired) electrons. The Hall–Kier alpha value is -1.27. The average Bonchev–Trinajstić information content (AvgIpc) is 2.42. The van der Waals surface area contributed by atoms with Gasteiger partial charge in [-0.25, -0.2) is 0 Å². The van der Waals surface area contributed by atoms with Crippen LogP contribution in [0.5, 0.6) is 5.75 Å². The monoisotopic (exact) mass is 377 g/mol. The van der Waals surface area contributed by atoms with Gasteiger partial charge in [-0.2, -0.15) is 0 Å². The normalized spacial score (nSPS) is 11.8. The number of amides is 1. The third kappa shape index (κ3) is 5.21. The van der Waals surface area contributed by atoms with E-state index in [1.54, 1.807) is 13.8 Å². The lowest BCUT2D eigenvalue weighted by molar-refractivity contribution is -0.143. The first-order valence-corrected chi connectivity index (χ1v) is 7.69. The second kappa shape index (κ2) is 8.24. The minimum atomic E-state index is -0.702. The van der Waals surface area contributed by atoms with E-state index in [1.807, 2.05) is 0 Å². The first-order valence-electron chi connectivity index (χ1n) is 6.51. The third-order valence-corrected chi connectivity index (χ3v) is 3.59. The molecule has 1 rings (SSSR count). The fraction of sp³-hybridized carbons (Fsp3) is 0.429. The highest BCUT2D eigenvalue weighted by atomic mass is 79.9. The van der Waals surface area contributed by atoms with Gasteiger partial charge in [-0.1, -0.05) is 18.5 Å². The summed E-state index contributed by atoms with van der Waals surface area (Å²) in [6.45, 7) is 3.65. The summed E-state index contributed by atoms with van der Waals surface area (Å²) >= 11 is 9.15. The molecule has 0 aliphatic heterocycles. The van der Waals surface area contributed by atoms with Gasteiger partial charge in [0.2, 0.25) is 5.91 Å². The SMILES string of the molecule is CCOC(=O)CC(NC(=O)CC)c1cc(Cl)cc(Br)c1O. The molecule has 1 amide bonds. The van der Waals surface area contributed by atoms with Gasteiger partial charge in [0.15, 0.2) is 0 Å². The summed E-state index contributed by atoms with van der Waals surface area (Å²) < 4.78 is 5.29. The van der Waals surface area contributed by atoms with Gasteiger partial charge in [0, 0.05) is 17.0 Å². The van der Waals surface area contributed by atoms with Gasteiger partial charge in [0.1, 0.15) is 5.75 Å². The van der Waals surface area contributed by atoms with Gasteiger partial charge >= 0.3 is 5.97 Å². The van der Waals surface area contributed by atoms with E-state index < -0.39 is 12.0 Å². The molecule has 1 unspecified atom stereocenters. The molecule has 5 nitrogen and oxygen atoms in total. The van der Waals surface area contributed by atoms with Crippen molar-refractivity contribution in [2.45, 2.75) is 32.7 Å². The molecule has 1 atom stereocenters. The number of phenolic OH excluding ortho intramolecular Hbond substituents is 1. The molecule has 116 valence electrons. The molecule has 0 saturated carbocycles. The lowest BCUT2D eigenvalue weighted by Crippen LogP contribution is -2.30. The summed E-state index contributed by atoms with van der Waals surface area (Å²) in [6, 6.07) is 2.34. The molecule has 2 N–H and O–H groups in total. The van der Waals surface area contributed by atoms with E-state index in [9.17, 15) is 14.7 Å². The van der Waals surface area contributed by atoms with E-state index in [4.69, 9.17) is 16.3 Å². The summed E-state index contributed by atoms with van der Waals surface area (Å²) in [4.78, 5) is 23.3. The van der Waals surface area contributed by atoms with Crippen LogP contribution in [0.1, 0.15) is 38.3 Å². The largest absolute Gasteiger partial charge is 0.506 e. The molecule has 0 aromatic heterocycles. The van der Waals surface area contributed by atoms with Crippen molar-refractivity contribution >= 4 is 39.4 Å². The zero-order valence-corrected chi connectivity index (χ0v) is 14.1. The zero-order valence-electron chi connectivity index (χ0n) is 11.8. The predicted octanol–water partition coefficient (Wildman–Crippen LogP) is 3.33. The van der Waals surface area contributed by atoms with E-state index in [0.717, 1.165) is 0 Å². The number of ether oxygens (including phenoxy) is 1. The van der Waals surface area contributed by atoms with Crippen molar-refractivity contribution in [3.63, 3.8) is 0 Å². The molecule has 0 bridgehead atoms. The maximum absolute atomic E-state index is 11.7. The summed E-state index contributed by atoms with van der Waals surface area (Å²) in [5.74, 6) is -0.765. The number of phenols is 1. The summed E-state index contributed by atoms with van der Waals surface area (Å²) in [7, 11) is 0. The molecule has 0 spiro atoms. The number of rotatable bonds is 6. The Morgan fingerprint density at radius 3 is 2.67 bits per heavy atom. The van der Waals surface area contributed by atoms with Crippen molar-refractivity contribution in [3.05, 3.63) is 27.2 Å². The van der Waals surface area contributed by atoms with Crippen LogP contribution < -0.4 is 5.32 Å². The lowest BCUT2D eigenvalue weighted by Gasteiger charge is -2.20. The molecule has 0 aliphatic carbocycles. The highest BCUT2D eigenvalue weighted by Crippen LogP contribution is 2.36. The van der Waals surface area contributed by atoms with E-state index in [-0.39, 0.29) is 31.1 Å². The molecule has 1 aromatic carbocycles. The number of hydrogen-bond donors (Lipinski definition) is 2. The van der Waals surface area contributed by atoms with Gasteiger partial charge in [0.25, 0.3) is 0 Å². The van der Waals surface area contributed by atoms with Crippen molar-refractivity contribution in [1.82, 2.24) is 5.32 Å². The van der Waals surface area contributed by atoms with Crippen LogP contribution in [0.4, 0.5) is 0 Å². The number of hydrogen-bond acceptors (Lipinski definition) is 4. The predicted molar refractivity (Wildman–Crippen MR) is 83.2 cm³/mol. The lowest BCUT2D eigenvalue weighted by atomic mass is 10.0. The number of carbonyl (C=O) groups excluding carboxylic acids is 2. The first kappa shape index (κ1) is 17.8. The van der Waals surface area contributed by atoms with E-state index in [1.165, 1.54) is 12.1 Å². The first-order chi connectivity index (χ1) is 9.88. The van der Waals surface area contributed by atoms with Crippen LogP contribution >= 0.6 is 27.5 Å². The fourth-order valence-corrected chi connectivity index (χ4v) is 2.61. The molecule has 0 heterocycles. The Kier molecular flexibility index (Phi) is 6.98. The van der Waals surface area contributed by atoms with Gasteiger partial charge in [0.05, 0.1) is 23.5 Å². The van der Waals surface area contributed by atoms with Crippen LogP contribution in [-0.2, 0) is 14.3 Å². The minimum Gasteiger partial charge on any atom is -0.506 e. The van der Waals surface area contributed by atoms with Crippen LogP contribution in [0.15, 0.2) is 16.6 Å². The molecule has 0 aliphatic rings. The quantitative estimate of drug-likeness (QED) is 0.745. The van der Waals surface area contributed by atoms with Crippen molar-refractivity contribution in [1.29, 1.82) is 0 Å². The van der Waals surface area contributed by atoms with Crippen LogP contribution in [0, 0.1) is 0 Å². The van der Waals surface area contributed by atoms with Crippen molar-refractivity contribution in [3.8, 4) is 5.75 Å². The second-order valence-corrected chi connectivity index (χ2v) is 5.60. The van der Waals surface area contributed by atoms with E-state index >= 15 is 0 Å². The fourth-order valence-electron chi connectivity index (χ4n) is 1.77. The smallest absolute Gasteiger partial charge is 0.308 e. The third-order valence-electron chi connectivity index (χ3n) is 2.77. The average molecular weight is 379 g/mol. The van der Waals surface area contributed by atoms with Crippen LogP contribution in [0.25, 0.3) is 0 Å². The Morgan fingerprint density at radius 2 is 2.10 bits per heavy atom. The maximum Gasteiger partial charge on any atom is 0.308 e. The van der Waals surface area contributed by atoms with E-state index in [2.05, 4.69) is 21.2 Å². The van der Waals surface area contributed by atoms with Crippen molar-refractivity contribution in [2.75, 3.05) is 6.61 Å². The van der Waals surface area contributed by atoms with Crippen LogP contribution in [0.2, 0.25) is 5.02 Å². The van der Waals surface area contributed by atoms with Gasteiger partial charge in [-0.05, 0) is 35.0 Å². The molecule has 21 heavy (non-hydrogen) atoms. The number of esters is 1. The van der Waals surface area contributed by atoms with Crippen molar-refractivity contribution in [2.24, 2.45) is 0 Å². The maximum atomic E-state index is 11.7. The molecular formula is C14H17BrClNO4. The number of benzene rings is 1. The topological polar surface area (TPSA) is 75.6 Å². The molecule has 0 fully saturated rings. The minimum absolute atomic E-state index is 0.0647. The van der Waals surface area contributed by atoms with Gasteiger partial charge in [-0.3, -0.25) is 9.59 Å². The Morgan fingerprint density at radius 1 is 1.43 bits per heavy atom. The zero-order chi connectivity index (χ0) is 16.0. The molecule has 0 saturated heterocycles. The Balaban J connectivity index is 3.10. The molecule has 1 aromatic rings.